The van der Waals surface area contributed by atoms with E-state index in [1.807, 2.05) is 36.6 Å². The van der Waals surface area contributed by atoms with Crippen molar-refractivity contribution >= 4 is 17.2 Å². The summed E-state index contributed by atoms with van der Waals surface area (Å²) < 4.78 is 1.88. The number of aldehydes is 1. The fraction of sp³-hybridized carbons (Fsp3) is 0.231. The van der Waals surface area contributed by atoms with Gasteiger partial charge in [-0.1, -0.05) is 12.1 Å². The first-order valence-corrected chi connectivity index (χ1v) is 5.24. The van der Waals surface area contributed by atoms with Gasteiger partial charge in [-0.2, -0.15) is 0 Å². The van der Waals surface area contributed by atoms with E-state index in [1.165, 1.54) is 6.07 Å². The van der Waals surface area contributed by atoms with E-state index in [0.29, 0.717) is 11.1 Å². The number of hydrogen-bond acceptors (Lipinski definition) is 2. The van der Waals surface area contributed by atoms with Gasteiger partial charge in [-0.05, 0) is 26.0 Å². The monoisotopic (exact) mass is 215 g/mol. The van der Waals surface area contributed by atoms with E-state index in [4.69, 9.17) is 0 Å². The van der Waals surface area contributed by atoms with Crippen LogP contribution in [0, 0.1) is 0 Å². The van der Waals surface area contributed by atoms with Crippen LogP contribution in [-0.4, -0.2) is 10.9 Å². The van der Waals surface area contributed by atoms with E-state index in [0.717, 1.165) is 11.8 Å². The first-order valence-electron chi connectivity index (χ1n) is 5.24. The predicted octanol–water partition coefficient (Wildman–Crippen LogP) is 2.39. The molecular formula is C13H13NO2. The lowest BCUT2D eigenvalue weighted by molar-refractivity contribution is 0.111. The van der Waals surface area contributed by atoms with Crippen LogP contribution in [0.4, 0.5) is 0 Å². The summed E-state index contributed by atoms with van der Waals surface area (Å²) in [5.74, 6) is 0. The highest BCUT2D eigenvalue weighted by Crippen LogP contribution is 2.17. The molecule has 2 rings (SSSR count). The number of fused-ring (bicyclic) bond motifs is 1. The third-order valence-electron chi connectivity index (χ3n) is 2.62. The van der Waals surface area contributed by atoms with Crippen LogP contribution in [0.2, 0.25) is 0 Å². The van der Waals surface area contributed by atoms with E-state index in [1.54, 1.807) is 6.07 Å². The smallest absolute Gasteiger partial charge is 0.190 e. The maximum absolute atomic E-state index is 11.8. The molecule has 1 aromatic carbocycles. The van der Waals surface area contributed by atoms with Gasteiger partial charge in [0.1, 0.15) is 0 Å². The van der Waals surface area contributed by atoms with Crippen LogP contribution < -0.4 is 5.43 Å². The lowest BCUT2D eigenvalue weighted by Gasteiger charge is -2.17. The van der Waals surface area contributed by atoms with Crippen molar-refractivity contribution in [2.75, 3.05) is 0 Å². The van der Waals surface area contributed by atoms with Crippen LogP contribution in [0.15, 0.2) is 35.1 Å². The number of carbonyl (C=O) groups is 1. The van der Waals surface area contributed by atoms with Crippen LogP contribution in [0.3, 0.4) is 0 Å². The molecule has 3 nitrogen and oxygen atoms in total. The molecule has 0 spiro atoms. The van der Waals surface area contributed by atoms with Gasteiger partial charge in [0, 0.05) is 17.5 Å². The molecule has 1 heterocycles. The topological polar surface area (TPSA) is 39.1 Å². The summed E-state index contributed by atoms with van der Waals surface area (Å²) in [5.41, 5.74) is 1.14. The zero-order chi connectivity index (χ0) is 11.7. The lowest BCUT2D eigenvalue weighted by atomic mass is 10.1. The summed E-state index contributed by atoms with van der Waals surface area (Å²) in [6.45, 7) is 3.98. The Bertz CT molecular complexity index is 596. The number of benzene rings is 1. The van der Waals surface area contributed by atoms with Crippen molar-refractivity contribution in [3.8, 4) is 0 Å². The minimum atomic E-state index is -0.102. The van der Waals surface area contributed by atoms with Crippen molar-refractivity contribution in [1.82, 2.24) is 4.57 Å². The van der Waals surface area contributed by atoms with Gasteiger partial charge in [0.05, 0.1) is 11.2 Å². The van der Waals surface area contributed by atoms with Gasteiger partial charge in [-0.25, -0.2) is 0 Å². The number of pyridine rings is 1. The molecule has 1 aromatic heterocycles. The van der Waals surface area contributed by atoms with Crippen LogP contribution in [0.1, 0.15) is 30.4 Å². The van der Waals surface area contributed by atoms with Gasteiger partial charge in [0.25, 0.3) is 0 Å². The molecule has 0 aliphatic carbocycles. The zero-order valence-electron chi connectivity index (χ0n) is 9.31. The molecular weight excluding hydrogens is 202 g/mol. The first kappa shape index (κ1) is 10.6. The first-order chi connectivity index (χ1) is 7.65. The quantitative estimate of drug-likeness (QED) is 0.721. The number of rotatable bonds is 2. The molecule has 0 fully saturated rings. The molecule has 16 heavy (non-hydrogen) atoms. The average molecular weight is 215 g/mol. The summed E-state index contributed by atoms with van der Waals surface area (Å²) in [5, 5.41) is 0.654. The molecule has 0 radical (unpaired) electrons. The number of hydrogen-bond donors (Lipinski definition) is 0. The van der Waals surface area contributed by atoms with Crippen LogP contribution in [0.5, 0.6) is 0 Å². The molecule has 0 bridgehead atoms. The molecule has 0 aliphatic heterocycles. The molecule has 3 heteroatoms. The van der Waals surface area contributed by atoms with Crippen molar-refractivity contribution in [3.05, 3.63) is 46.2 Å². The Kier molecular flexibility index (Phi) is 2.60. The second-order valence-electron chi connectivity index (χ2n) is 4.03. The third-order valence-corrected chi connectivity index (χ3v) is 2.62. The Hall–Kier alpha value is -1.90. The number of nitrogens with zero attached hydrogens (tertiary/aromatic N) is 1. The molecule has 0 saturated heterocycles. The Morgan fingerprint density at radius 1 is 1.25 bits per heavy atom. The normalized spacial score (nSPS) is 10.9. The third kappa shape index (κ3) is 1.54. The maximum Gasteiger partial charge on any atom is 0.190 e. The molecule has 0 unspecified atom stereocenters. The zero-order valence-corrected chi connectivity index (χ0v) is 9.31. The number of para-hydroxylation sites is 1. The van der Waals surface area contributed by atoms with Gasteiger partial charge in [-0.15, -0.1) is 0 Å². The second-order valence-corrected chi connectivity index (χ2v) is 4.03. The standard InChI is InChI=1S/C13H13NO2/c1-9(2)14-10(8-15)7-13(16)11-5-3-4-6-12(11)14/h3-9H,1-2H3. The van der Waals surface area contributed by atoms with E-state index in [2.05, 4.69) is 0 Å². The average Bonchev–Trinajstić information content (AvgIpc) is 2.28. The molecule has 82 valence electrons. The predicted molar refractivity (Wildman–Crippen MR) is 64.0 cm³/mol. The van der Waals surface area contributed by atoms with Gasteiger partial charge in [0.15, 0.2) is 11.7 Å². The summed E-state index contributed by atoms with van der Waals surface area (Å²) in [7, 11) is 0. The van der Waals surface area contributed by atoms with Crippen molar-refractivity contribution in [1.29, 1.82) is 0 Å². The highest BCUT2D eigenvalue weighted by Gasteiger charge is 2.10. The van der Waals surface area contributed by atoms with Crippen LogP contribution in [-0.2, 0) is 0 Å². The Balaban J connectivity index is 2.98. The van der Waals surface area contributed by atoms with E-state index in [-0.39, 0.29) is 11.5 Å². The van der Waals surface area contributed by atoms with E-state index >= 15 is 0 Å². The number of carbonyl (C=O) groups excluding carboxylic acids is 1. The Morgan fingerprint density at radius 3 is 2.56 bits per heavy atom. The summed E-state index contributed by atoms with van der Waals surface area (Å²) in [4.78, 5) is 22.7. The van der Waals surface area contributed by atoms with Gasteiger partial charge < -0.3 is 4.57 Å². The Morgan fingerprint density at radius 2 is 1.94 bits per heavy atom. The lowest BCUT2D eigenvalue weighted by Crippen LogP contribution is -2.15. The molecule has 0 atom stereocenters. The largest absolute Gasteiger partial charge is 0.336 e. The maximum atomic E-state index is 11.8. The molecule has 0 aliphatic rings. The highest BCUT2D eigenvalue weighted by molar-refractivity contribution is 5.84. The SMILES string of the molecule is CC(C)n1c(C=O)cc(=O)c2ccccc21. The summed E-state index contributed by atoms with van der Waals surface area (Å²) >= 11 is 0. The number of aromatic nitrogens is 1. The molecule has 2 aromatic rings. The van der Waals surface area contributed by atoms with Crippen molar-refractivity contribution < 1.29 is 4.79 Å². The minimum Gasteiger partial charge on any atom is -0.336 e. The van der Waals surface area contributed by atoms with E-state index < -0.39 is 0 Å². The molecule has 0 N–H and O–H groups in total. The Labute approximate surface area is 93.3 Å². The van der Waals surface area contributed by atoms with Crippen molar-refractivity contribution in [2.24, 2.45) is 0 Å². The summed E-state index contributed by atoms with van der Waals surface area (Å²) in [6.07, 6.45) is 0.730. The second kappa shape index (κ2) is 3.93. The minimum absolute atomic E-state index is 0.102. The van der Waals surface area contributed by atoms with Crippen molar-refractivity contribution in [2.45, 2.75) is 19.9 Å². The fourth-order valence-electron chi connectivity index (χ4n) is 1.98. The van der Waals surface area contributed by atoms with Gasteiger partial charge in [-0.3, -0.25) is 9.59 Å². The van der Waals surface area contributed by atoms with Crippen molar-refractivity contribution in [3.63, 3.8) is 0 Å². The van der Waals surface area contributed by atoms with Crippen LogP contribution in [0.25, 0.3) is 10.9 Å². The summed E-state index contributed by atoms with van der Waals surface area (Å²) in [6, 6.07) is 8.89. The van der Waals surface area contributed by atoms with Gasteiger partial charge in [0.2, 0.25) is 0 Å². The fourth-order valence-corrected chi connectivity index (χ4v) is 1.98. The highest BCUT2D eigenvalue weighted by atomic mass is 16.1. The van der Waals surface area contributed by atoms with Crippen LogP contribution >= 0.6 is 0 Å². The molecule has 0 amide bonds. The van der Waals surface area contributed by atoms with E-state index in [9.17, 15) is 9.59 Å². The molecule has 0 saturated carbocycles. The van der Waals surface area contributed by atoms with Gasteiger partial charge >= 0.3 is 0 Å².